The van der Waals surface area contributed by atoms with Gasteiger partial charge in [-0.3, -0.25) is 4.90 Å². The first-order valence-electron chi connectivity index (χ1n) is 5.91. The molecule has 84 valence electrons. The summed E-state index contributed by atoms with van der Waals surface area (Å²) >= 11 is 0. The van der Waals surface area contributed by atoms with E-state index in [0.29, 0.717) is 5.54 Å². The molecular formula is C12H25NO. The summed E-state index contributed by atoms with van der Waals surface area (Å²) in [5.74, 6) is 0. The molecule has 1 saturated heterocycles. The Labute approximate surface area is 88.3 Å². The standard InChI is InChI=1S/C12H25NO/c1-5-12(14,6-2)10-13-9-7-8-11(13,3)4/h14H,5-10H2,1-4H3. The summed E-state index contributed by atoms with van der Waals surface area (Å²) in [6, 6.07) is 0. The molecule has 0 atom stereocenters. The van der Waals surface area contributed by atoms with Crippen LogP contribution in [0.25, 0.3) is 0 Å². The van der Waals surface area contributed by atoms with E-state index in [2.05, 4.69) is 32.6 Å². The molecule has 0 spiro atoms. The normalized spacial score (nSPS) is 22.9. The maximum absolute atomic E-state index is 10.3. The smallest absolute Gasteiger partial charge is 0.0769 e. The van der Waals surface area contributed by atoms with Gasteiger partial charge in [0.15, 0.2) is 0 Å². The third-order valence-corrected chi connectivity index (χ3v) is 3.87. The van der Waals surface area contributed by atoms with Gasteiger partial charge in [-0.1, -0.05) is 13.8 Å². The number of hydrogen-bond donors (Lipinski definition) is 1. The zero-order valence-corrected chi connectivity index (χ0v) is 10.1. The fourth-order valence-electron chi connectivity index (χ4n) is 2.29. The van der Waals surface area contributed by atoms with Gasteiger partial charge in [0.25, 0.3) is 0 Å². The van der Waals surface area contributed by atoms with E-state index in [-0.39, 0.29) is 0 Å². The van der Waals surface area contributed by atoms with Crippen molar-refractivity contribution in [1.82, 2.24) is 4.90 Å². The van der Waals surface area contributed by atoms with Crippen LogP contribution in [0, 0.1) is 0 Å². The van der Waals surface area contributed by atoms with E-state index in [4.69, 9.17) is 0 Å². The number of β-amino-alcohol motifs (C(OH)–C–C–N with tert-alkyl or cyclic N) is 1. The van der Waals surface area contributed by atoms with Crippen molar-refractivity contribution < 1.29 is 5.11 Å². The van der Waals surface area contributed by atoms with Gasteiger partial charge in [-0.15, -0.1) is 0 Å². The molecule has 1 N–H and O–H groups in total. The fraction of sp³-hybridized carbons (Fsp3) is 1.00. The summed E-state index contributed by atoms with van der Waals surface area (Å²) < 4.78 is 0. The Morgan fingerprint density at radius 1 is 1.29 bits per heavy atom. The molecule has 1 heterocycles. The summed E-state index contributed by atoms with van der Waals surface area (Å²) in [6.45, 7) is 10.7. The van der Waals surface area contributed by atoms with Crippen LogP contribution >= 0.6 is 0 Å². The Bertz CT molecular complexity index is 185. The van der Waals surface area contributed by atoms with Crippen LogP contribution in [-0.4, -0.2) is 34.2 Å². The minimum atomic E-state index is -0.471. The highest BCUT2D eigenvalue weighted by atomic mass is 16.3. The molecule has 1 rings (SSSR count). The molecule has 2 heteroatoms. The van der Waals surface area contributed by atoms with E-state index in [9.17, 15) is 5.11 Å². The molecule has 0 radical (unpaired) electrons. The van der Waals surface area contributed by atoms with Crippen molar-refractivity contribution in [3.8, 4) is 0 Å². The average molecular weight is 199 g/mol. The van der Waals surface area contributed by atoms with E-state index in [0.717, 1.165) is 25.9 Å². The predicted octanol–water partition coefficient (Wildman–Crippen LogP) is 2.41. The van der Waals surface area contributed by atoms with Crippen molar-refractivity contribution in [2.24, 2.45) is 0 Å². The lowest BCUT2D eigenvalue weighted by molar-refractivity contribution is -0.0189. The van der Waals surface area contributed by atoms with E-state index < -0.39 is 5.60 Å². The highest BCUT2D eigenvalue weighted by Crippen LogP contribution is 2.31. The zero-order valence-electron chi connectivity index (χ0n) is 10.1. The van der Waals surface area contributed by atoms with Gasteiger partial charge in [0.05, 0.1) is 5.60 Å². The van der Waals surface area contributed by atoms with Crippen LogP contribution < -0.4 is 0 Å². The molecular weight excluding hydrogens is 174 g/mol. The maximum atomic E-state index is 10.3. The first kappa shape index (κ1) is 12.0. The van der Waals surface area contributed by atoms with Crippen LogP contribution in [0.1, 0.15) is 53.4 Å². The molecule has 0 aromatic heterocycles. The Morgan fingerprint density at radius 3 is 2.21 bits per heavy atom. The molecule has 0 aromatic carbocycles. The Balaban J connectivity index is 2.59. The van der Waals surface area contributed by atoms with Gasteiger partial charge in [-0.05, 0) is 46.1 Å². The molecule has 0 amide bonds. The van der Waals surface area contributed by atoms with Crippen molar-refractivity contribution >= 4 is 0 Å². The summed E-state index contributed by atoms with van der Waals surface area (Å²) in [5, 5.41) is 10.3. The van der Waals surface area contributed by atoms with Crippen LogP contribution in [0.4, 0.5) is 0 Å². The number of nitrogens with zero attached hydrogens (tertiary/aromatic N) is 1. The van der Waals surface area contributed by atoms with Crippen LogP contribution in [0.3, 0.4) is 0 Å². The molecule has 14 heavy (non-hydrogen) atoms. The molecule has 2 nitrogen and oxygen atoms in total. The third kappa shape index (κ3) is 2.48. The second-order valence-corrected chi connectivity index (χ2v) is 5.27. The van der Waals surface area contributed by atoms with Crippen LogP contribution in [0.15, 0.2) is 0 Å². The largest absolute Gasteiger partial charge is 0.389 e. The van der Waals surface area contributed by atoms with Gasteiger partial charge in [-0.2, -0.15) is 0 Å². The summed E-state index contributed by atoms with van der Waals surface area (Å²) in [5.41, 5.74) is -0.181. The summed E-state index contributed by atoms with van der Waals surface area (Å²) in [4.78, 5) is 2.44. The third-order valence-electron chi connectivity index (χ3n) is 3.87. The lowest BCUT2D eigenvalue weighted by Crippen LogP contribution is -2.48. The Kier molecular flexibility index (Phi) is 3.59. The molecule has 0 saturated carbocycles. The molecule has 1 fully saturated rings. The quantitative estimate of drug-likeness (QED) is 0.751. The first-order valence-corrected chi connectivity index (χ1v) is 5.91. The minimum absolute atomic E-state index is 0.290. The summed E-state index contributed by atoms with van der Waals surface area (Å²) in [6.07, 6.45) is 4.25. The second kappa shape index (κ2) is 4.19. The van der Waals surface area contributed by atoms with Crippen molar-refractivity contribution in [3.63, 3.8) is 0 Å². The molecule has 0 aliphatic carbocycles. The topological polar surface area (TPSA) is 23.5 Å². The van der Waals surface area contributed by atoms with E-state index in [1.807, 2.05) is 0 Å². The SMILES string of the molecule is CCC(O)(CC)CN1CCCC1(C)C. The maximum Gasteiger partial charge on any atom is 0.0769 e. The molecule has 0 unspecified atom stereocenters. The highest BCUT2D eigenvalue weighted by Gasteiger charge is 2.36. The average Bonchev–Trinajstić information content (AvgIpc) is 2.46. The van der Waals surface area contributed by atoms with Gasteiger partial charge in [0, 0.05) is 12.1 Å². The number of hydrogen-bond acceptors (Lipinski definition) is 2. The molecule has 1 aliphatic heterocycles. The van der Waals surface area contributed by atoms with Crippen molar-refractivity contribution in [2.45, 2.75) is 64.5 Å². The van der Waals surface area contributed by atoms with Gasteiger partial charge in [-0.25, -0.2) is 0 Å². The first-order chi connectivity index (χ1) is 6.43. The Hall–Kier alpha value is -0.0800. The number of rotatable bonds is 4. The molecule has 1 aliphatic rings. The monoisotopic (exact) mass is 199 g/mol. The van der Waals surface area contributed by atoms with E-state index >= 15 is 0 Å². The number of likely N-dealkylation sites (tertiary alicyclic amines) is 1. The highest BCUT2D eigenvalue weighted by molar-refractivity contribution is 4.92. The Morgan fingerprint density at radius 2 is 1.86 bits per heavy atom. The molecule has 0 bridgehead atoms. The van der Waals surface area contributed by atoms with Crippen molar-refractivity contribution in [3.05, 3.63) is 0 Å². The van der Waals surface area contributed by atoms with Crippen LogP contribution in [-0.2, 0) is 0 Å². The lowest BCUT2D eigenvalue weighted by Gasteiger charge is -2.38. The van der Waals surface area contributed by atoms with E-state index in [1.54, 1.807) is 0 Å². The zero-order chi connectivity index (χ0) is 10.8. The van der Waals surface area contributed by atoms with Gasteiger partial charge >= 0.3 is 0 Å². The van der Waals surface area contributed by atoms with Crippen LogP contribution in [0.5, 0.6) is 0 Å². The van der Waals surface area contributed by atoms with Crippen molar-refractivity contribution in [1.29, 1.82) is 0 Å². The van der Waals surface area contributed by atoms with Gasteiger partial charge in [0.2, 0.25) is 0 Å². The summed E-state index contributed by atoms with van der Waals surface area (Å²) in [7, 11) is 0. The predicted molar refractivity (Wildman–Crippen MR) is 60.4 cm³/mol. The van der Waals surface area contributed by atoms with E-state index in [1.165, 1.54) is 12.8 Å². The fourth-order valence-corrected chi connectivity index (χ4v) is 2.29. The number of aliphatic hydroxyl groups is 1. The van der Waals surface area contributed by atoms with Gasteiger partial charge < -0.3 is 5.11 Å². The molecule has 0 aromatic rings. The van der Waals surface area contributed by atoms with Gasteiger partial charge in [0.1, 0.15) is 0 Å². The van der Waals surface area contributed by atoms with Crippen LogP contribution in [0.2, 0.25) is 0 Å². The minimum Gasteiger partial charge on any atom is -0.389 e. The second-order valence-electron chi connectivity index (χ2n) is 5.27. The van der Waals surface area contributed by atoms with Crippen molar-refractivity contribution in [2.75, 3.05) is 13.1 Å². The lowest BCUT2D eigenvalue weighted by atomic mass is 9.94.